The molecule has 0 rings (SSSR count). The van der Waals surface area contributed by atoms with E-state index in [9.17, 15) is 19.2 Å². The summed E-state index contributed by atoms with van der Waals surface area (Å²) < 4.78 is 8.50. The molecule has 150 valence electrons. The fourth-order valence-corrected chi connectivity index (χ4v) is 2.36. The molecule has 0 aromatic carbocycles. The van der Waals surface area contributed by atoms with E-state index in [-0.39, 0.29) is 19.3 Å². The van der Waals surface area contributed by atoms with Gasteiger partial charge in [-0.2, -0.15) is 0 Å². The molecule has 8 nitrogen and oxygen atoms in total. The van der Waals surface area contributed by atoms with Crippen molar-refractivity contribution in [1.29, 1.82) is 0 Å². The van der Waals surface area contributed by atoms with Gasteiger partial charge < -0.3 is 20.3 Å². The predicted octanol–water partition coefficient (Wildman–Crippen LogP) is 3.31. The zero-order chi connectivity index (χ0) is 19.8. The fourth-order valence-electron chi connectivity index (χ4n) is 2.36. The van der Waals surface area contributed by atoms with E-state index >= 15 is 0 Å². The minimum absolute atomic E-state index is 0.156. The number of carboxylic acid groups (broad SMARTS) is 1. The molecular weight excluding hydrogens is 342 g/mol. The van der Waals surface area contributed by atoms with Gasteiger partial charge in [0.15, 0.2) is 0 Å². The Balaban J connectivity index is 3.66. The molecule has 0 aromatic rings. The van der Waals surface area contributed by atoms with Gasteiger partial charge in [0.1, 0.15) is 6.04 Å². The fraction of sp³-hybridized carbons (Fsp3) is 0.778. The lowest BCUT2D eigenvalue weighted by Crippen LogP contribution is -2.34. The van der Waals surface area contributed by atoms with E-state index in [1.807, 2.05) is 0 Å². The predicted molar refractivity (Wildman–Crippen MR) is 94.3 cm³/mol. The molecule has 0 bridgehead atoms. The van der Waals surface area contributed by atoms with Gasteiger partial charge in [-0.05, 0) is 12.8 Å². The molecule has 0 aliphatic rings. The molecule has 0 saturated heterocycles. The molecule has 1 atom stereocenters. The lowest BCUT2D eigenvalue weighted by Gasteiger charge is -2.08. The van der Waals surface area contributed by atoms with Gasteiger partial charge in [-0.15, -0.1) is 0 Å². The third kappa shape index (κ3) is 14.4. The van der Waals surface area contributed by atoms with E-state index in [0.29, 0.717) is 6.42 Å². The molecule has 0 radical (unpaired) electrons. The van der Waals surface area contributed by atoms with E-state index in [0.717, 1.165) is 19.3 Å². The average molecular weight is 373 g/mol. The highest BCUT2D eigenvalue weighted by Crippen LogP contribution is 2.11. The molecular formula is C18H31NO7. The summed E-state index contributed by atoms with van der Waals surface area (Å²) in [6, 6.07) is -1.26. The van der Waals surface area contributed by atoms with E-state index in [1.165, 1.54) is 32.1 Å². The number of unbranched alkanes of at least 4 members (excludes halogenated alkanes) is 8. The SMILES string of the molecule is CCCCCCCCCCCC(=O)OC(=O)CC[C@H](N)C(=O)OC(=O)O. The number of nitrogens with two attached hydrogens (primary N) is 1. The van der Waals surface area contributed by atoms with Crippen molar-refractivity contribution in [2.45, 2.75) is 90.0 Å². The van der Waals surface area contributed by atoms with Crippen LogP contribution in [-0.4, -0.2) is 35.2 Å². The second kappa shape index (κ2) is 15.3. The van der Waals surface area contributed by atoms with Crippen LogP contribution in [0.5, 0.6) is 0 Å². The zero-order valence-electron chi connectivity index (χ0n) is 15.5. The molecule has 0 aliphatic carbocycles. The Kier molecular flexibility index (Phi) is 14.2. The van der Waals surface area contributed by atoms with Gasteiger partial charge in [0.2, 0.25) is 0 Å². The smallest absolute Gasteiger partial charge is 0.449 e. The second-order valence-corrected chi connectivity index (χ2v) is 6.26. The first-order valence-corrected chi connectivity index (χ1v) is 9.30. The molecule has 0 aromatic heterocycles. The number of carbonyl (C=O) groups excluding carboxylic acids is 3. The molecule has 8 heteroatoms. The van der Waals surface area contributed by atoms with Crippen molar-refractivity contribution in [3.05, 3.63) is 0 Å². The lowest BCUT2D eigenvalue weighted by atomic mass is 10.1. The van der Waals surface area contributed by atoms with Crippen LogP contribution in [0.1, 0.15) is 84.0 Å². The van der Waals surface area contributed by atoms with Crippen molar-refractivity contribution in [3.8, 4) is 0 Å². The van der Waals surface area contributed by atoms with Crippen LogP contribution in [0, 0.1) is 0 Å². The first-order valence-electron chi connectivity index (χ1n) is 9.30. The Morgan fingerprint density at radius 3 is 1.85 bits per heavy atom. The summed E-state index contributed by atoms with van der Waals surface area (Å²) in [6.45, 7) is 2.19. The third-order valence-corrected chi connectivity index (χ3v) is 3.86. The van der Waals surface area contributed by atoms with Gasteiger partial charge in [0.05, 0.1) is 0 Å². The monoisotopic (exact) mass is 373 g/mol. The molecule has 0 saturated carbocycles. The van der Waals surface area contributed by atoms with Crippen LogP contribution in [0.25, 0.3) is 0 Å². The molecule has 0 amide bonds. The topological polar surface area (TPSA) is 133 Å². The van der Waals surface area contributed by atoms with Gasteiger partial charge in [0.25, 0.3) is 0 Å². The summed E-state index contributed by atoms with van der Waals surface area (Å²) >= 11 is 0. The highest BCUT2D eigenvalue weighted by Gasteiger charge is 2.20. The van der Waals surface area contributed by atoms with Gasteiger partial charge in [-0.1, -0.05) is 58.3 Å². The lowest BCUT2D eigenvalue weighted by molar-refractivity contribution is -0.159. The zero-order valence-corrected chi connectivity index (χ0v) is 15.5. The largest absolute Gasteiger partial charge is 0.513 e. The van der Waals surface area contributed by atoms with E-state index in [4.69, 9.17) is 10.8 Å². The van der Waals surface area contributed by atoms with Gasteiger partial charge in [-0.3, -0.25) is 9.59 Å². The summed E-state index contributed by atoms with van der Waals surface area (Å²) in [5.74, 6) is -2.53. The Morgan fingerprint density at radius 2 is 1.31 bits per heavy atom. The van der Waals surface area contributed by atoms with Gasteiger partial charge >= 0.3 is 24.1 Å². The Bertz CT molecular complexity index is 451. The Hall–Kier alpha value is -1.96. The maximum atomic E-state index is 11.5. The van der Waals surface area contributed by atoms with Crippen LogP contribution in [-0.2, 0) is 23.9 Å². The van der Waals surface area contributed by atoms with Crippen molar-refractivity contribution in [2.75, 3.05) is 0 Å². The van der Waals surface area contributed by atoms with Crippen molar-refractivity contribution < 1.29 is 33.8 Å². The number of rotatable bonds is 14. The van der Waals surface area contributed by atoms with Crippen LogP contribution in [0.2, 0.25) is 0 Å². The minimum Gasteiger partial charge on any atom is -0.449 e. The highest BCUT2D eigenvalue weighted by molar-refractivity contribution is 5.87. The Labute approximate surface area is 154 Å². The number of carbonyl (C=O) groups is 4. The number of ether oxygens (including phenoxy) is 2. The number of hydrogen-bond acceptors (Lipinski definition) is 7. The molecule has 3 N–H and O–H groups in total. The molecule has 0 fully saturated rings. The van der Waals surface area contributed by atoms with Crippen LogP contribution >= 0.6 is 0 Å². The van der Waals surface area contributed by atoms with Crippen LogP contribution < -0.4 is 5.73 Å². The maximum absolute atomic E-state index is 11.5. The first kappa shape index (κ1) is 24.0. The van der Waals surface area contributed by atoms with Crippen molar-refractivity contribution in [1.82, 2.24) is 0 Å². The number of hydrogen-bond donors (Lipinski definition) is 2. The molecule has 0 aliphatic heterocycles. The van der Waals surface area contributed by atoms with Crippen LogP contribution in [0.15, 0.2) is 0 Å². The number of esters is 3. The van der Waals surface area contributed by atoms with Gasteiger partial charge in [0, 0.05) is 12.8 Å². The second-order valence-electron chi connectivity index (χ2n) is 6.26. The third-order valence-electron chi connectivity index (χ3n) is 3.86. The molecule has 26 heavy (non-hydrogen) atoms. The molecule has 0 unspecified atom stereocenters. The van der Waals surface area contributed by atoms with Gasteiger partial charge in [-0.25, -0.2) is 9.59 Å². The standard InChI is InChI=1S/C18H31NO7/c1-2-3-4-5-6-7-8-9-10-11-15(20)25-16(21)13-12-14(19)17(22)26-18(23)24/h14H,2-13,19H2,1H3,(H,23,24)/t14-/m0/s1. The van der Waals surface area contributed by atoms with Crippen LogP contribution in [0.4, 0.5) is 4.79 Å². The average Bonchev–Trinajstić information content (AvgIpc) is 2.57. The summed E-state index contributed by atoms with van der Waals surface area (Å²) in [4.78, 5) is 44.4. The normalized spacial score (nSPS) is 11.6. The van der Waals surface area contributed by atoms with E-state index < -0.39 is 30.1 Å². The van der Waals surface area contributed by atoms with E-state index in [2.05, 4.69) is 16.4 Å². The maximum Gasteiger partial charge on any atom is 0.513 e. The summed E-state index contributed by atoms with van der Waals surface area (Å²) in [5, 5.41) is 8.28. The summed E-state index contributed by atoms with van der Waals surface area (Å²) in [5.41, 5.74) is 5.38. The molecule has 0 spiro atoms. The summed E-state index contributed by atoms with van der Waals surface area (Å²) in [7, 11) is 0. The highest BCUT2D eigenvalue weighted by atomic mass is 16.7. The first-order chi connectivity index (χ1) is 12.4. The molecule has 0 heterocycles. The van der Waals surface area contributed by atoms with Crippen molar-refractivity contribution in [2.24, 2.45) is 5.73 Å². The van der Waals surface area contributed by atoms with Crippen molar-refractivity contribution in [3.63, 3.8) is 0 Å². The Morgan fingerprint density at radius 1 is 0.808 bits per heavy atom. The van der Waals surface area contributed by atoms with Crippen molar-refractivity contribution >= 4 is 24.1 Å². The van der Waals surface area contributed by atoms with E-state index in [1.54, 1.807) is 0 Å². The minimum atomic E-state index is -1.76. The quantitative estimate of drug-likeness (QED) is 0.269. The summed E-state index contributed by atoms with van der Waals surface area (Å²) in [6.07, 6.45) is 8.08. The van der Waals surface area contributed by atoms with Crippen LogP contribution in [0.3, 0.4) is 0 Å².